The summed E-state index contributed by atoms with van der Waals surface area (Å²) in [4.78, 5) is 3.45. The van der Waals surface area contributed by atoms with Crippen LogP contribution in [0.3, 0.4) is 0 Å². The summed E-state index contributed by atoms with van der Waals surface area (Å²) in [6.45, 7) is 0.836. The van der Waals surface area contributed by atoms with Crippen molar-refractivity contribution in [2.75, 3.05) is 13.1 Å². The monoisotopic (exact) mass is 305 g/mol. The number of nitrogens with zero attached hydrogens (tertiary/aromatic N) is 2. The minimum atomic E-state index is -3.63. The van der Waals surface area contributed by atoms with Crippen LogP contribution in [-0.2, 0) is 10.0 Å². The van der Waals surface area contributed by atoms with Gasteiger partial charge in [0, 0.05) is 23.8 Å². The summed E-state index contributed by atoms with van der Waals surface area (Å²) < 4.78 is 26.0. The lowest BCUT2D eigenvalue weighted by molar-refractivity contribution is 0.427. The van der Waals surface area contributed by atoms with Crippen LogP contribution < -0.4 is 0 Å². The predicted molar refractivity (Wildman–Crippen MR) is 61.3 cm³/mol. The molecule has 1 N–H and O–H groups in total. The van der Waals surface area contributed by atoms with Gasteiger partial charge in [0.2, 0.25) is 15.9 Å². The van der Waals surface area contributed by atoms with Crippen LogP contribution in [0.1, 0.15) is 6.42 Å². The van der Waals surface area contributed by atoms with E-state index >= 15 is 0 Å². The summed E-state index contributed by atoms with van der Waals surface area (Å²) in [5.74, 6) is -0.463. The van der Waals surface area contributed by atoms with E-state index in [1.165, 1.54) is 16.6 Å². The molecule has 1 aromatic rings. The Morgan fingerprint density at radius 1 is 1.50 bits per heavy atom. The highest BCUT2D eigenvalue weighted by Crippen LogP contribution is 2.28. The number of halogens is 1. The van der Waals surface area contributed by atoms with Crippen LogP contribution in [-0.4, -0.2) is 35.9 Å². The standard InChI is InChI=1S/C9H10BrN2O3S/c10-7-5-8(9(13)11-6-7)16(14,15)12-3-1-2-4-12/h1,5-6H,2-4H2,(H,11,13). The molecule has 2 rings (SSSR count). The Balaban J connectivity index is 2.46. The third-order valence-electron chi connectivity index (χ3n) is 2.33. The molecule has 7 heteroatoms. The van der Waals surface area contributed by atoms with Crippen LogP contribution >= 0.6 is 15.9 Å². The highest BCUT2D eigenvalue weighted by Gasteiger charge is 2.30. The zero-order chi connectivity index (χ0) is 11.8. The van der Waals surface area contributed by atoms with Crippen molar-refractivity contribution in [1.29, 1.82) is 0 Å². The Labute approximate surface area is 102 Å². The second kappa shape index (κ2) is 4.31. The van der Waals surface area contributed by atoms with Gasteiger partial charge in [0.1, 0.15) is 4.90 Å². The average molecular weight is 306 g/mol. The van der Waals surface area contributed by atoms with E-state index in [2.05, 4.69) is 20.9 Å². The van der Waals surface area contributed by atoms with Crippen molar-refractivity contribution < 1.29 is 13.5 Å². The van der Waals surface area contributed by atoms with Gasteiger partial charge in [-0.2, -0.15) is 4.31 Å². The number of hydrogen-bond acceptors (Lipinski definition) is 4. The van der Waals surface area contributed by atoms with Gasteiger partial charge in [0.25, 0.3) is 0 Å². The quantitative estimate of drug-likeness (QED) is 0.890. The Kier molecular flexibility index (Phi) is 3.18. The molecule has 1 radical (unpaired) electrons. The number of sulfonamides is 1. The second-order valence-corrected chi connectivity index (χ2v) is 6.24. The summed E-state index contributed by atoms with van der Waals surface area (Å²) in [5.41, 5.74) is 0. The van der Waals surface area contributed by atoms with Gasteiger partial charge in [0.05, 0.1) is 0 Å². The van der Waals surface area contributed by atoms with E-state index < -0.39 is 15.9 Å². The lowest BCUT2D eigenvalue weighted by atomic mass is 10.4. The van der Waals surface area contributed by atoms with Gasteiger partial charge in [-0.3, -0.25) is 0 Å². The van der Waals surface area contributed by atoms with Gasteiger partial charge in [-0.25, -0.2) is 13.4 Å². The molecule has 0 spiro atoms. The van der Waals surface area contributed by atoms with Crippen LogP contribution in [0.4, 0.5) is 0 Å². The number of hydrogen-bond donors (Lipinski definition) is 1. The summed E-state index contributed by atoms with van der Waals surface area (Å²) in [6, 6.07) is 1.36. The van der Waals surface area contributed by atoms with Crippen LogP contribution in [0, 0.1) is 6.42 Å². The molecule has 0 unspecified atom stereocenters. The first-order chi connectivity index (χ1) is 7.51. The smallest absolute Gasteiger partial charge is 0.248 e. The molecule has 16 heavy (non-hydrogen) atoms. The van der Waals surface area contributed by atoms with Crippen molar-refractivity contribution in [3.05, 3.63) is 23.2 Å². The fourth-order valence-electron chi connectivity index (χ4n) is 1.52. The molecule has 2 heterocycles. The number of aromatic nitrogens is 1. The molecule has 0 saturated carbocycles. The van der Waals surface area contributed by atoms with Gasteiger partial charge in [0.15, 0.2) is 0 Å². The Hall–Kier alpha value is -0.660. The minimum absolute atomic E-state index is 0.155. The molecule has 1 fully saturated rings. The molecular formula is C9H10BrN2O3S. The van der Waals surface area contributed by atoms with Gasteiger partial charge in [-0.05, 0) is 34.8 Å². The third-order valence-corrected chi connectivity index (χ3v) is 4.63. The normalized spacial score (nSPS) is 17.8. The topological polar surface area (TPSA) is 70.5 Å². The van der Waals surface area contributed by atoms with E-state index in [9.17, 15) is 13.5 Å². The highest BCUT2D eigenvalue weighted by molar-refractivity contribution is 9.10. The molecule has 0 amide bonds. The van der Waals surface area contributed by atoms with Crippen LogP contribution in [0.25, 0.3) is 0 Å². The third kappa shape index (κ3) is 2.07. The molecule has 0 aromatic carbocycles. The van der Waals surface area contributed by atoms with Crippen molar-refractivity contribution in [2.45, 2.75) is 11.3 Å². The Morgan fingerprint density at radius 3 is 2.88 bits per heavy atom. The molecule has 1 aliphatic heterocycles. The van der Waals surface area contributed by atoms with Gasteiger partial charge >= 0.3 is 0 Å². The van der Waals surface area contributed by atoms with E-state index in [1.807, 2.05) is 6.42 Å². The predicted octanol–water partition coefficient (Wildman–Crippen LogP) is 1.15. The zero-order valence-electron chi connectivity index (χ0n) is 8.30. The largest absolute Gasteiger partial charge is 0.492 e. The average Bonchev–Trinajstić information content (AvgIpc) is 2.75. The lowest BCUT2D eigenvalue weighted by Gasteiger charge is -2.15. The summed E-state index contributed by atoms with van der Waals surface area (Å²) in [7, 11) is -3.63. The van der Waals surface area contributed by atoms with E-state index in [1.54, 1.807) is 0 Å². The molecule has 1 aromatic heterocycles. The molecule has 0 aliphatic carbocycles. The molecule has 5 nitrogen and oxygen atoms in total. The molecule has 1 aliphatic rings. The maximum absolute atomic E-state index is 12.1. The number of aromatic hydroxyl groups is 1. The first kappa shape index (κ1) is 11.8. The van der Waals surface area contributed by atoms with Crippen molar-refractivity contribution >= 4 is 26.0 Å². The van der Waals surface area contributed by atoms with Gasteiger partial charge in [-0.1, -0.05) is 0 Å². The summed E-state index contributed by atoms with van der Waals surface area (Å²) in [5, 5.41) is 9.48. The van der Waals surface area contributed by atoms with Crippen molar-refractivity contribution in [2.24, 2.45) is 0 Å². The summed E-state index contributed by atoms with van der Waals surface area (Å²) >= 11 is 3.13. The van der Waals surface area contributed by atoms with E-state index in [0.717, 1.165) is 6.42 Å². The van der Waals surface area contributed by atoms with Crippen LogP contribution in [0.2, 0.25) is 0 Å². The molecular weight excluding hydrogens is 296 g/mol. The fraction of sp³-hybridized carbons (Fsp3) is 0.333. The maximum Gasteiger partial charge on any atom is 0.248 e. The molecule has 1 saturated heterocycles. The maximum atomic E-state index is 12.1. The fourth-order valence-corrected chi connectivity index (χ4v) is 3.49. The summed E-state index contributed by atoms with van der Waals surface area (Å²) in [6.07, 6.45) is 3.98. The van der Waals surface area contributed by atoms with Crippen molar-refractivity contribution in [3.8, 4) is 5.88 Å². The molecule has 0 bridgehead atoms. The molecule has 87 valence electrons. The van der Waals surface area contributed by atoms with Crippen LogP contribution in [0.15, 0.2) is 21.6 Å². The van der Waals surface area contributed by atoms with Crippen molar-refractivity contribution in [3.63, 3.8) is 0 Å². The second-order valence-electron chi connectivity index (χ2n) is 3.42. The lowest BCUT2D eigenvalue weighted by Crippen LogP contribution is -2.28. The number of pyridine rings is 1. The SMILES string of the molecule is O=S(=O)(c1cc(Br)cnc1O)N1C[CH]CC1. The van der Waals surface area contributed by atoms with Gasteiger partial charge < -0.3 is 5.11 Å². The Bertz CT molecular complexity index is 497. The first-order valence-electron chi connectivity index (χ1n) is 4.68. The first-order valence-corrected chi connectivity index (χ1v) is 6.91. The van der Waals surface area contributed by atoms with Crippen LogP contribution in [0.5, 0.6) is 5.88 Å². The van der Waals surface area contributed by atoms with Crippen molar-refractivity contribution in [1.82, 2.24) is 9.29 Å². The minimum Gasteiger partial charge on any atom is -0.492 e. The van der Waals surface area contributed by atoms with E-state index in [4.69, 9.17) is 0 Å². The van der Waals surface area contributed by atoms with E-state index in [0.29, 0.717) is 17.6 Å². The van der Waals surface area contributed by atoms with E-state index in [-0.39, 0.29) is 4.90 Å². The van der Waals surface area contributed by atoms with Gasteiger partial charge in [-0.15, -0.1) is 0 Å². The number of rotatable bonds is 2. The molecule has 0 atom stereocenters. The Morgan fingerprint density at radius 2 is 2.25 bits per heavy atom. The highest BCUT2D eigenvalue weighted by atomic mass is 79.9. The zero-order valence-corrected chi connectivity index (χ0v) is 10.7.